The van der Waals surface area contributed by atoms with Crippen LogP contribution in [0.25, 0.3) is 23.0 Å². The minimum absolute atomic E-state index is 0.0303. The third kappa shape index (κ3) is 3.71. The first-order valence-corrected chi connectivity index (χ1v) is 7.24. The van der Waals surface area contributed by atoms with Crippen LogP contribution in [0.5, 0.6) is 0 Å². The predicted molar refractivity (Wildman–Crippen MR) is 87.2 cm³/mol. The van der Waals surface area contributed by atoms with Crippen molar-refractivity contribution < 1.29 is 29.7 Å². The summed E-state index contributed by atoms with van der Waals surface area (Å²) < 4.78 is 0. The zero-order valence-corrected chi connectivity index (χ0v) is 13.3. The normalized spacial score (nSPS) is 10.4. The van der Waals surface area contributed by atoms with Crippen molar-refractivity contribution in [3.8, 4) is 23.0 Å². The first kappa shape index (κ1) is 17.5. The summed E-state index contributed by atoms with van der Waals surface area (Å²) in [6, 6.07) is 4.67. The molecule has 134 valence electrons. The van der Waals surface area contributed by atoms with E-state index < -0.39 is 17.9 Å². The highest BCUT2D eigenvalue weighted by atomic mass is 16.4. The van der Waals surface area contributed by atoms with Crippen LogP contribution in [0.4, 0.5) is 0 Å². The lowest BCUT2D eigenvalue weighted by atomic mass is 10.1. The summed E-state index contributed by atoms with van der Waals surface area (Å²) in [5.41, 5.74) is -0.861. The summed E-state index contributed by atoms with van der Waals surface area (Å²) >= 11 is 0. The minimum Gasteiger partial charge on any atom is -0.478 e. The van der Waals surface area contributed by atoms with Gasteiger partial charge in [-0.15, -0.1) is 0 Å². The molecule has 3 aromatic heterocycles. The average molecular weight is 367 g/mol. The number of carboxylic acid groups (broad SMARTS) is 3. The third-order valence-electron chi connectivity index (χ3n) is 3.28. The van der Waals surface area contributed by atoms with Crippen molar-refractivity contribution in [2.75, 3.05) is 0 Å². The topological polar surface area (TPSA) is 176 Å². The van der Waals surface area contributed by atoms with Crippen molar-refractivity contribution in [2.45, 2.75) is 0 Å². The van der Waals surface area contributed by atoms with E-state index in [2.05, 4.69) is 24.9 Å². The Morgan fingerprint density at radius 3 is 1.48 bits per heavy atom. The molecule has 11 heteroatoms. The van der Waals surface area contributed by atoms with Crippen molar-refractivity contribution in [2.24, 2.45) is 0 Å². The molecule has 0 saturated carbocycles. The van der Waals surface area contributed by atoms with Gasteiger partial charge in [0.25, 0.3) is 0 Å². The number of hydrogen-bond donors (Lipinski definition) is 3. The van der Waals surface area contributed by atoms with Crippen molar-refractivity contribution >= 4 is 17.9 Å². The number of rotatable bonds is 5. The Balaban J connectivity index is 2.18. The lowest BCUT2D eigenvalue weighted by Gasteiger charge is -2.06. The quantitative estimate of drug-likeness (QED) is 0.588. The van der Waals surface area contributed by atoms with E-state index in [-0.39, 0.29) is 40.0 Å². The van der Waals surface area contributed by atoms with Crippen LogP contribution in [0.2, 0.25) is 0 Å². The van der Waals surface area contributed by atoms with Gasteiger partial charge in [-0.25, -0.2) is 39.3 Å². The van der Waals surface area contributed by atoms with Crippen LogP contribution in [0, 0.1) is 0 Å². The molecule has 0 saturated heterocycles. The summed E-state index contributed by atoms with van der Waals surface area (Å²) in [6.07, 6.45) is 2.39. The van der Waals surface area contributed by atoms with Gasteiger partial charge >= 0.3 is 17.9 Å². The number of nitrogens with zero attached hydrogens (tertiary/aromatic N) is 5. The molecule has 3 aromatic rings. The molecule has 0 amide bonds. The van der Waals surface area contributed by atoms with E-state index in [4.69, 9.17) is 10.2 Å². The molecule has 0 aromatic carbocycles. The second-order valence-corrected chi connectivity index (χ2v) is 5.07. The number of carboxylic acids is 3. The van der Waals surface area contributed by atoms with Gasteiger partial charge in [0.2, 0.25) is 0 Å². The van der Waals surface area contributed by atoms with E-state index in [0.717, 1.165) is 12.1 Å². The van der Waals surface area contributed by atoms with Gasteiger partial charge in [-0.05, 0) is 24.3 Å². The van der Waals surface area contributed by atoms with Gasteiger partial charge in [-0.3, -0.25) is 0 Å². The van der Waals surface area contributed by atoms with E-state index >= 15 is 0 Å². The summed E-state index contributed by atoms with van der Waals surface area (Å²) in [5, 5.41) is 27.4. The van der Waals surface area contributed by atoms with Gasteiger partial charge < -0.3 is 15.3 Å². The summed E-state index contributed by atoms with van der Waals surface area (Å²) in [6.45, 7) is 0. The number of aromatic nitrogens is 5. The molecule has 3 N–H and O–H groups in total. The zero-order chi connectivity index (χ0) is 19.6. The van der Waals surface area contributed by atoms with E-state index in [1.807, 2.05) is 0 Å². The molecule has 3 heterocycles. The third-order valence-corrected chi connectivity index (χ3v) is 3.28. The highest BCUT2D eigenvalue weighted by Crippen LogP contribution is 2.21. The molecule has 0 spiro atoms. The maximum Gasteiger partial charge on any atom is 0.354 e. The van der Waals surface area contributed by atoms with Crippen LogP contribution in [-0.4, -0.2) is 58.1 Å². The molecule has 0 aliphatic heterocycles. The van der Waals surface area contributed by atoms with Crippen LogP contribution >= 0.6 is 0 Å². The van der Waals surface area contributed by atoms with Crippen LogP contribution < -0.4 is 0 Å². The molecule has 0 fully saturated rings. The zero-order valence-electron chi connectivity index (χ0n) is 13.3. The first-order valence-electron chi connectivity index (χ1n) is 7.24. The second-order valence-electron chi connectivity index (χ2n) is 5.07. The molecular formula is C16H9N5O6. The Morgan fingerprint density at radius 1 is 0.667 bits per heavy atom. The molecule has 27 heavy (non-hydrogen) atoms. The number of hydrogen-bond acceptors (Lipinski definition) is 8. The maximum atomic E-state index is 11.4. The Hall–Kier alpha value is -4.28. The van der Waals surface area contributed by atoms with Crippen LogP contribution in [0.3, 0.4) is 0 Å². The lowest BCUT2D eigenvalue weighted by molar-refractivity contribution is 0.0680. The largest absolute Gasteiger partial charge is 0.478 e. The van der Waals surface area contributed by atoms with Crippen molar-refractivity contribution in [3.63, 3.8) is 0 Å². The number of pyridine rings is 1. The molecule has 0 bridgehead atoms. The van der Waals surface area contributed by atoms with Crippen LogP contribution in [0.1, 0.15) is 31.3 Å². The SMILES string of the molecule is O=C(O)c1cc(-c2nccc(C(=O)O)n2)nc(-c2nccc(C(=O)O)n2)c1. The van der Waals surface area contributed by atoms with E-state index in [9.17, 15) is 19.5 Å². The molecular weight excluding hydrogens is 358 g/mol. The minimum atomic E-state index is -1.29. The Kier molecular flexibility index (Phi) is 4.49. The van der Waals surface area contributed by atoms with Crippen molar-refractivity contribution in [3.05, 3.63) is 53.6 Å². The van der Waals surface area contributed by atoms with Crippen LogP contribution in [0.15, 0.2) is 36.7 Å². The fourth-order valence-electron chi connectivity index (χ4n) is 2.09. The van der Waals surface area contributed by atoms with E-state index in [1.165, 1.54) is 24.5 Å². The molecule has 3 rings (SSSR count). The van der Waals surface area contributed by atoms with Gasteiger partial charge in [0, 0.05) is 12.4 Å². The average Bonchev–Trinajstić information content (AvgIpc) is 2.67. The summed E-state index contributed by atoms with van der Waals surface area (Å²) in [5.74, 6) is -4.09. The predicted octanol–water partition coefficient (Wildman–Crippen LogP) is 1.09. The smallest absolute Gasteiger partial charge is 0.354 e. The maximum absolute atomic E-state index is 11.4. The van der Waals surface area contributed by atoms with Gasteiger partial charge in [0.1, 0.15) is 11.4 Å². The molecule has 0 atom stereocenters. The highest BCUT2D eigenvalue weighted by molar-refractivity contribution is 5.90. The highest BCUT2D eigenvalue weighted by Gasteiger charge is 2.17. The standard InChI is InChI=1S/C16H9N5O6/c22-14(23)7-5-10(12-17-3-1-8(20-12)15(24)25)19-11(6-7)13-18-4-2-9(21-13)16(26)27/h1-6H,(H,22,23)(H,24,25)(H,26,27). The van der Waals surface area contributed by atoms with Crippen LogP contribution in [-0.2, 0) is 0 Å². The molecule has 0 aliphatic rings. The number of carbonyl (C=O) groups is 3. The van der Waals surface area contributed by atoms with Gasteiger partial charge in [0.15, 0.2) is 23.0 Å². The molecule has 0 unspecified atom stereocenters. The first-order chi connectivity index (χ1) is 12.8. The molecule has 0 aliphatic carbocycles. The van der Waals surface area contributed by atoms with Gasteiger partial charge in [-0.1, -0.05) is 0 Å². The Morgan fingerprint density at radius 2 is 1.11 bits per heavy atom. The Bertz CT molecular complexity index is 1010. The van der Waals surface area contributed by atoms with Gasteiger partial charge in [-0.2, -0.15) is 0 Å². The van der Waals surface area contributed by atoms with Gasteiger partial charge in [0.05, 0.1) is 5.56 Å². The van der Waals surface area contributed by atoms with E-state index in [1.54, 1.807) is 0 Å². The van der Waals surface area contributed by atoms with Crippen molar-refractivity contribution in [1.82, 2.24) is 24.9 Å². The Labute approximate surface area is 150 Å². The van der Waals surface area contributed by atoms with E-state index in [0.29, 0.717) is 0 Å². The lowest BCUT2D eigenvalue weighted by Crippen LogP contribution is -2.07. The monoisotopic (exact) mass is 367 g/mol. The molecule has 11 nitrogen and oxygen atoms in total. The molecule has 0 radical (unpaired) electrons. The fraction of sp³-hybridized carbons (Fsp3) is 0. The summed E-state index contributed by atoms with van der Waals surface area (Å²) in [4.78, 5) is 53.2. The fourth-order valence-corrected chi connectivity index (χ4v) is 2.09. The van der Waals surface area contributed by atoms with Crippen molar-refractivity contribution in [1.29, 1.82) is 0 Å². The number of aromatic carboxylic acids is 3. The second kappa shape index (κ2) is 6.92. The summed E-state index contributed by atoms with van der Waals surface area (Å²) in [7, 11) is 0.